The van der Waals surface area contributed by atoms with E-state index in [1.165, 1.54) is 10.1 Å². The molecule has 29 heavy (non-hydrogen) atoms. The molecule has 1 aromatic heterocycles. The highest BCUT2D eigenvalue weighted by Crippen LogP contribution is 2.29. The smallest absolute Gasteiger partial charge is 0.224 e. The van der Waals surface area contributed by atoms with Crippen LogP contribution in [0.2, 0.25) is 0 Å². The number of amides is 1. The van der Waals surface area contributed by atoms with Gasteiger partial charge in [-0.05, 0) is 47.9 Å². The van der Waals surface area contributed by atoms with E-state index in [1.807, 2.05) is 31.2 Å². The van der Waals surface area contributed by atoms with Crippen molar-refractivity contribution in [2.45, 2.75) is 13.3 Å². The zero-order valence-corrected chi connectivity index (χ0v) is 17.5. The van der Waals surface area contributed by atoms with Gasteiger partial charge in [-0.3, -0.25) is 9.69 Å². The molecule has 0 aliphatic carbocycles. The van der Waals surface area contributed by atoms with E-state index < -0.39 is 0 Å². The normalized spacial score (nSPS) is 14.9. The Hall–Kier alpha value is -2.64. The van der Waals surface area contributed by atoms with Crippen LogP contribution in [0.5, 0.6) is 5.75 Å². The zero-order valence-electron chi connectivity index (χ0n) is 16.6. The Morgan fingerprint density at radius 2 is 1.86 bits per heavy atom. The molecule has 1 saturated heterocycles. The Labute approximate surface area is 175 Å². The van der Waals surface area contributed by atoms with Crippen molar-refractivity contribution in [1.82, 2.24) is 9.27 Å². The fourth-order valence-corrected chi connectivity index (χ4v) is 4.26. The van der Waals surface area contributed by atoms with E-state index in [1.54, 1.807) is 11.5 Å². The van der Waals surface area contributed by atoms with E-state index in [0.29, 0.717) is 13.0 Å². The summed E-state index contributed by atoms with van der Waals surface area (Å²) in [5, 5.41) is 4.10. The summed E-state index contributed by atoms with van der Waals surface area (Å²) < 4.78 is 11.8. The molecule has 1 amide bonds. The Balaban J connectivity index is 1.22. The van der Waals surface area contributed by atoms with Crippen LogP contribution in [0.3, 0.4) is 0 Å². The van der Waals surface area contributed by atoms with Crippen molar-refractivity contribution in [2.75, 3.05) is 49.5 Å². The van der Waals surface area contributed by atoms with Gasteiger partial charge in [-0.25, -0.2) is 0 Å². The first kappa shape index (κ1) is 19.7. The number of carbonyl (C=O) groups excluding carboxylic acids is 1. The largest absolute Gasteiger partial charge is 0.492 e. The zero-order chi connectivity index (χ0) is 20.1. The Morgan fingerprint density at radius 1 is 1.10 bits per heavy atom. The van der Waals surface area contributed by atoms with Crippen LogP contribution in [0.25, 0.3) is 10.1 Å². The Bertz CT molecular complexity index is 949. The van der Waals surface area contributed by atoms with Crippen molar-refractivity contribution in [3.63, 3.8) is 0 Å². The minimum atomic E-state index is 0.0171. The molecule has 3 aromatic rings. The second-order valence-electron chi connectivity index (χ2n) is 7.11. The maximum atomic E-state index is 11.4. The second-order valence-corrected chi connectivity index (χ2v) is 7.91. The number of fused-ring (bicyclic) bond motifs is 1. The summed E-state index contributed by atoms with van der Waals surface area (Å²) in [5.41, 5.74) is 0.801. The van der Waals surface area contributed by atoms with E-state index in [4.69, 9.17) is 4.74 Å². The maximum Gasteiger partial charge on any atom is 0.224 e. The summed E-state index contributed by atoms with van der Waals surface area (Å²) in [6, 6.07) is 16.0. The first-order chi connectivity index (χ1) is 14.2. The number of piperazine rings is 1. The Kier molecular flexibility index (Phi) is 6.27. The van der Waals surface area contributed by atoms with Gasteiger partial charge in [0.1, 0.15) is 18.2 Å². The number of carbonyl (C=O) groups is 1. The average molecular weight is 411 g/mol. The number of aromatic nitrogens is 1. The molecule has 0 bridgehead atoms. The van der Waals surface area contributed by atoms with E-state index in [-0.39, 0.29) is 5.91 Å². The lowest BCUT2D eigenvalue weighted by molar-refractivity contribution is -0.115. The molecular weight excluding hydrogens is 384 g/mol. The summed E-state index contributed by atoms with van der Waals surface area (Å²) in [7, 11) is 0. The van der Waals surface area contributed by atoms with Gasteiger partial charge < -0.3 is 15.0 Å². The van der Waals surface area contributed by atoms with Gasteiger partial charge in [0, 0.05) is 50.2 Å². The standard InChI is InChI=1S/C22H26N4O2S/c1-2-21(27)23-17-7-9-18(10-8-17)28-16-15-25-11-13-26(14-12-25)22-19-5-3-4-6-20(19)29-24-22/h3-10H,2,11-16H2,1H3,(H,23,27). The van der Waals surface area contributed by atoms with Gasteiger partial charge in [-0.15, -0.1) is 0 Å². The number of ether oxygens (including phenoxy) is 1. The van der Waals surface area contributed by atoms with Gasteiger partial charge in [0.05, 0.1) is 4.70 Å². The van der Waals surface area contributed by atoms with Crippen molar-refractivity contribution >= 4 is 39.0 Å². The summed E-state index contributed by atoms with van der Waals surface area (Å²) in [4.78, 5) is 16.2. The third kappa shape index (κ3) is 4.86. The summed E-state index contributed by atoms with van der Waals surface area (Å²) in [6.07, 6.45) is 0.476. The van der Waals surface area contributed by atoms with Crippen LogP contribution in [-0.2, 0) is 4.79 Å². The number of rotatable bonds is 7. The molecule has 7 heteroatoms. The predicted molar refractivity (Wildman–Crippen MR) is 119 cm³/mol. The monoisotopic (exact) mass is 410 g/mol. The lowest BCUT2D eigenvalue weighted by Crippen LogP contribution is -2.47. The van der Waals surface area contributed by atoms with E-state index >= 15 is 0 Å². The number of benzene rings is 2. The van der Waals surface area contributed by atoms with E-state index in [0.717, 1.165) is 50.0 Å². The fraction of sp³-hybridized carbons (Fsp3) is 0.364. The fourth-order valence-electron chi connectivity index (χ4n) is 3.46. The first-order valence-corrected chi connectivity index (χ1v) is 10.8. The molecule has 1 fully saturated rings. The van der Waals surface area contributed by atoms with Crippen LogP contribution in [0, 0.1) is 0 Å². The number of nitrogens with one attached hydrogen (secondary N) is 1. The van der Waals surface area contributed by atoms with Gasteiger partial charge in [0.25, 0.3) is 0 Å². The highest BCUT2D eigenvalue weighted by molar-refractivity contribution is 7.13. The van der Waals surface area contributed by atoms with Crippen molar-refractivity contribution < 1.29 is 9.53 Å². The van der Waals surface area contributed by atoms with E-state index in [9.17, 15) is 4.79 Å². The molecule has 1 aliphatic heterocycles. The van der Waals surface area contributed by atoms with Crippen LogP contribution in [-0.4, -0.2) is 54.5 Å². The first-order valence-electron chi connectivity index (χ1n) is 10.1. The third-order valence-corrected chi connectivity index (χ3v) is 5.98. The van der Waals surface area contributed by atoms with Gasteiger partial charge in [-0.1, -0.05) is 19.1 Å². The van der Waals surface area contributed by atoms with Gasteiger partial charge in [-0.2, -0.15) is 4.37 Å². The number of nitrogens with zero attached hydrogens (tertiary/aromatic N) is 3. The topological polar surface area (TPSA) is 57.7 Å². The van der Waals surface area contributed by atoms with Crippen LogP contribution >= 0.6 is 11.5 Å². The van der Waals surface area contributed by atoms with Crippen LogP contribution < -0.4 is 15.0 Å². The summed E-state index contributed by atoms with van der Waals surface area (Å²) >= 11 is 1.58. The minimum Gasteiger partial charge on any atom is -0.492 e. The molecule has 0 unspecified atom stereocenters. The van der Waals surface area contributed by atoms with Crippen molar-refractivity contribution in [3.8, 4) is 5.75 Å². The number of hydrogen-bond acceptors (Lipinski definition) is 6. The summed E-state index contributed by atoms with van der Waals surface area (Å²) in [5.74, 6) is 1.97. The number of anilines is 2. The quantitative estimate of drug-likeness (QED) is 0.641. The number of hydrogen-bond donors (Lipinski definition) is 1. The van der Waals surface area contributed by atoms with Crippen molar-refractivity contribution in [2.24, 2.45) is 0 Å². The molecular formula is C22H26N4O2S. The molecule has 6 nitrogen and oxygen atoms in total. The molecule has 152 valence electrons. The van der Waals surface area contributed by atoms with Crippen LogP contribution in [0.1, 0.15) is 13.3 Å². The molecule has 0 saturated carbocycles. The van der Waals surface area contributed by atoms with Crippen LogP contribution in [0.15, 0.2) is 48.5 Å². The molecule has 4 rings (SSSR count). The lowest BCUT2D eigenvalue weighted by atomic mass is 10.2. The summed E-state index contributed by atoms with van der Waals surface area (Å²) in [6.45, 7) is 7.39. The molecule has 0 spiro atoms. The molecule has 2 heterocycles. The lowest BCUT2D eigenvalue weighted by Gasteiger charge is -2.34. The second kappa shape index (κ2) is 9.24. The highest BCUT2D eigenvalue weighted by Gasteiger charge is 2.20. The van der Waals surface area contributed by atoms with Crippen molar-refractivity contribution in [1.29, 1.82) is 0 Å². The van der Waals surface area contributed by atoms with E-state index in [2.05, 4.69) is 43.8 Å². The molecule has 0 radical (unpaired) electrons. The highest BCUT2D eigenvalue weighted by atomic mass is 32.1. The molecule has 2 aromatic carbocycles. The maximum absolute atomic E-state index is 11.4. The average Bonchev–Trinajstić information content (AvgIpc) is 3.19. The minimum absolute atomic E-state index is 0.0171. The SMILES string of the molecule is CCC(=O)Nc1ccc(OCCN2CCN(c3nsc4ccccc34)CC2)cc1. The van der Waals surface area contributed by atoms with Crippen molar-refractivity contribution in [3.05, 3.63) is 48.5 Å². The molecule has 1 N–H and O–H groups in total. The third-order valence-electron chi connectivity index (χ3n) is 5.17. The van der Waals surface area contributed by atoms with Gasteiger partial charge in [0.2, 0.25) is 5.91 Å². The molecule has 1 aliphatic rings. The van der Waals surface area contributed by atoms with Crippen LogP contribution in [0.4, 0.5) is 11.5 Å². The predicted octanol–water partition coefficient (Wildman–Crippen LogP) is 3.85. The Morgan fingerprint density at radius 3 is 2.62 bits per heavy atom. The van der Waals surface area contributed by atoms with Gasteiger partial charge >= 0.3 is 0 Å². The van der Waals surface area contributed by atoms with Gasteiger partial charge in [0.15, 0.2) is 0 Å². The molecule has 0 atom stereocenters.